The zero-order valence-electron chi connectivity index (χ0n) is 11.4. The van der Waals surface area contributed by atoms with Crippen LogP contribution in [0.15, 0.2) is 0 Å². The number of hydrogen-bond donors (Lipinski definition) is 1. The van der Waals surface area contributed by atoms with Gasteiger partial charge in [-0.25, -0.2) is 4.79 Å². The van der Waals surface area contributed by atoms with E-state index >= 15 is 0 Å². The highest BCUT2D eigenvalue weighted by molar-refractivity contribution is 5.79. The van der Waals surface area contributed by atoms with Gasteiger partial charge in [0.05, 0.1) is 5.92 Å². The van der Waals surface area contributed by atoms with Crippen molar-refractivity contribution in [3.63, 3.8) is 0 Å². The molecule has 0 aromatic carbocycles. The van der Waals surface area contributed by atoms with Gasteiger partial charge in [-0.15, -0.1) is 0 Å². The Kier molecular flexibility index (Phi) is 3.15. The smallest absolute Gasteiger partial charge is 0.320 e. The van der Waals surface area contributed by atoms with E-state index in [4.69, 9.17) is 0 Å². The molecule has 3 unspecified atom stereocenters. The summed E-state index contributed by atoms with van der Waals surface area (Å²) in [6.07, 6.45) is 6.19. The van der Waals surface area contributed by atoms with Crippen molar-refractivity contribution < 1.29 is 14.7 Å². The van der Waals surface area contributed by atoms with Crippen LogP contribution in [-0.4, -0.2) is 52.6 Å². The predicted octanol–water partition coefficient (Wildman–Crippen LogP) is 1.78. The quantitative estimate of drug-likeness (QED) is 0.847. The molecule has 5 nitrogen and oxygen atoms in total. The van der Waals surface area contributed by atoms with Gasteiger partial charge in [-0.05, 0) is 38.0 Å². The molecule has 2 amide bonds. The summed E-state index contributed by atoms with van der Waals surface area (Å²) in [5.41, 5.74) is 0. The number of fused-ring (bicyclic) bond motifs is 2. The number of amides is 2. The fraction of sp³-hybridized carbons (Fsp3) is 0.857. The van der Waals surface area contributed by atoms with Crippen LogP contribution in [0.2, 0.25) is 0 Å². The van der Waals surface area contributed by atoms with Crippen LogP contribution in [0.4, 0.5) is 4.79 Å². The van der Waals surface area contributed by atoms with Crippen LogP contribution in [0.3, 0.4) is 0 Å². The molecule has 106 valence electrons. The molecule has 0 spiro atoms. The number of aliphatic carboxylic acids is 1. The van der Waals surface area contributed by atoms with Crippen LogP contribution in [0.25, 0.3) is 0 Å². The van der Waals surface area contributed by atoms with Gasteiger partial charge in [0.2, 0.25) is 0 Å². The van der Waals surface area contributed by atoms with E-state index in [2.05, 4.69) is 0 Å². The Morgan fingerprint density at radius 1 is 1.26 bits per heavy atom. The number of carboxylic acids is 1. The summed E-state index contributed by atoms with van der Waals surface area (Å²) < 4.78 is 0. The molecule has 2 saturated heterocycles. The number of carboxylic acid groups (broad SMARTS) is 1. The molecule has 3 rings (SSSR count). The molecule has 3 aliphatic rings. The van der Waals surface area contributed by atoms with Crippen molar-refractivity contribution >= 4 is 12.0 Å². The maximum atomic E-state index is 12.5. The van der Waals surface area contributed by atoms with Crippen LogP contribution in [0.1, 0.15) is 38.5 Å². The van der Waals surface area contributed by atoms with Crippen LogP contribution < -0.4 is 0 Å². The molecule has 3 fully saturated rings. The van der Waals surface area contributed by atoms with Crippen molar-refractivity contribution in [1.29, 1.82) is 0 Å². The molecule has 1 aliphatic carbocycles. The first-order chi connectivity index (χ1) is 9.08. The summed E-state index contributed by atoms with van der Waals surface area (Å²) in [5.74, 6) is -0.434. The Bertz CT molecular complexity index is 394. The van der Waals surface area contributed by atoms with E-state index in [9.17, 15) is 14.7 Å². The lowest BCUT2D eigenvalue weighted by atomic mass is 9.85. The van der Waals surface area contributed by atoms with Gasteiger partial charge >= 0.3 is 12.0 Å². The molecule has 0 radical (unpaired) electrons. The van der Waals surface area contributed by atoms with Crippen LogP contribution in [0.5, 0.6) is 0 Å². The second kappa shape index (κ2) is 4.69. The van der Waals surface area contributed by atoms with Gasteiger partial charge in [0, 0.05) is 25.7 Å². The highest BCUT2D eigenvalue weighted by Gasteiger charge is 2.52. The third-order valence-electron chi connectivity index (χ3n) is 5.16. The Labute approximate surface area is 113 Å². The number of carbonyl (C=O) groups excluding carboxylic acids is 1. The third-order valence-corrected chi connectivity index (χ3v) is 5.16. The van der Waals surface area contributed by atoms with Gasteiger partial charge in [0.15, 0.2) is 0 Å². The Morgan fingerprint density at radius 2 is 2.00 bits per heavy atom. The second-order valence-electron chi connectivity index (χ2n) is 6.35. The maximum absolute atomic E-state index is 12.5. The summed E-state index contributed by atoms with van der Waals surface area (Å²) in [4.78, 5) is 27.4. The molecule has 2 aliphatic heterocycles. The Balaban J connectivity index is 1.65. The first-order valence-corrected chi connectivity index (χ1v) is 7.34. The number of urea groups is 1. The van der Waals surface area contributed by atoms with Crippen molar-refractivity contribution in [2.24, 2.45) is 11.8 Å². The van der Waals surface area contributed by atoms with Gasteiger partial charge in [0.1, 0.15) is 0 Å². The lowest BCUT2D eigenvalue weighted by Gasteiger charge is -2.34. The maximum Gasteiger partial charge on any atom is 0.320 e. The Morgan fingerprint density at radius 3 is 2.53 bits per heavy atom. The number of carbonyl (C=O) groups is 2. The van der Waals surface area contributed by atoms with Gasteiger partial charge in [-0.3, -0.25) is 4.79 Å². The van der Waals surface area contributed by atoms with Crippen LogP contribution in [0, 0.1) is 11.8 Å². The fourth-order valence-electron chi connectivity index (χ4n) is 3.89. The van der Waals surface area contributed by atoms with Crippen molar-refractivity contribution in [3.8, 4) is 0 Å². The van der Waals surface area contributed by atoms with Crippen LogP contribution >= 0.6 is 0 Å². The first kappa shape index (κ1) is 12.8. The molecule has 2 bridgehead atoms. The minimum Gasteiger partial charge on any atom is -0.481 e. The monoisotopic (exact) mass is 266 g/mol. The van der Waals surface area contributed by atoms with Crippen molar-refractivity contribution in [2.75, 3.05) is 13.6 Å². The lowest BCUT2D eigenvalue weighted by molar-refractivity contribution is -0.142. The van der Waals surface area contributed by atoms with Gasteiger partial charge in [0.25, 0.3) is 0 Å². The molecule has 1 N–H and O–H groups in total. The zero-order chi connectivity index (χ0) is 13.6. The minimum atomic E-state index is -0.744. The highest BCUT2D eigenvalue weighted by atomic mass is 16.4. The standard InChI is InChI=1S/C14H22N2O3/c1-15(8-9-3-2-4-9)14(19)16-10-5-6-12(16)11(7-10)13(17)18/h9-12H,2-8H2,1H3,(H,17,18). The fourth-order valence-corrected chi connectivity index (χ4v) is 3.89. The van der Waals surface area contributed by atoms with E-state index in [1.54, 1.807) is 4.90 Å². The second-order valence-corrected chi connectivity index (χ2v) is 6.35. The van der Waals surface area contributed by atoms with Gasteiger partial charge < -0.3 is 14.9 Å². The number of rotatable bonds is 3. The zero-order valence-corrected chi connectivity index (χ0v) is 11.4. The molecule has 5 heteroatoms. The summed E-state index contributed by atoms with van der Waals surface area (Å²) in [7, 11) is 1.86. The summed E-state index contributed by atoms with van der Waals surface area (Å²) in [6.45, 7) is 0.826. The molecule has 2 heterocycles. The van der Waals surface area contributed by atoms with E-state index in [-0.39, 0.29) is 24.0 Å². The molecule has 0 aromatic heterocycles. The Hall–Kier alpha value is -1.26. The van der Waals surface area contributed by atoms with Crippen LogP contribution in [-0.2, 0) is 4.79 Å². The molecular weight excluding hydrogens is 244 g/mol. The van der Waals surface area contributed by atoms with E-state index < -0.39 is 5.97 Å². The molecule has 19 heavy (non-hydrogen) atoms. The topological polar surface area (TPSA) is 60.9 Å². The SMILES string of the molecule is CN(CC1CCC1)C(=O)N1C2CCC1C(C(=O)O)C2. The van der Waals surface area contributed by atoms with Crippen molar-refractivity contribution in [1.82, 2.24) is 9.80 Å². The summed E-state index contributed by atoms with van der Waals surface area (Å²) in [5, 5.41) is 9.21. The van der Waals surface area contributed by atoms with Gasteiger partial charge in [-0.2, -0.15) is 0 Å². The first-order valence-electron chi connectivity index (χ1n) is 7.34. The van der Waals surface area contributed by atoms with E-state index in [1.807, 2.05) is 11.9 Å². The molecule has 0 aromatic rings. The van der Waals surface area contributed by atoms with Crippen molar-refractivity contribution in [2.45, 2.75) is 50.6 Å². The normalized spacial score (nSPS) is 33.3. The largest absolute Gasteiger partial charge is 0.481 e. The van der Waals surface area contributed by atoms with E-state index in [1.165, 1.54) is 19.3 Å². The predicted molar refractivity (Wildman–Crippen MR) is 69.8 cm³/mol. The number of hydrogen-bond acceptors (Lipinski definition) is 2. The van der Waals surface area contributed by atoms with E-state index in [0.717, 1.165) is 19.4 Å². The molecule has 1 saturated carbocycles. The van der Waals surface area contributed by atoms with Gasteiger partial charge in [-0.1, -0.05) is 6.42 Å². The molecular formula is C14H22N2O3. The number of nitrogens with zero attached hydrogens (tertiary/aromatic N) is 2. The third kappa shape index (κ3) is 2.09. The average Bonchev–Trinajstić information content (AvgIpc) is 2.89. The highest BCUT2D eigenvalue weighted by Crippen LogP contribution is 2.42. The average molecular weight is 266 g/mol. The molecule has 3 atom stereocenters. The lowest BCUT2D eigenvalue weighted by Crippen LogP contribution is -2.47. The summed E-state index contributed by atoms with van der Waals surface area (Å²) in [6, 6.07) is 0.129. The minimum absolute atomic E-state index is 0.0446. The van der Waals surface area contributed by atoms with E-state index in [0.29, 0.717) is 12.3 Å². The summed E-state index contributed by atoms with van der Waals surface area (Å²) >= 11 is 0. The van der Waals surface area contributed by atoms with Crippen molar-refractivity contribution in [3.05, 3.63) is 0 Å².